The number of anilines is 1. The first kappa shape index (κ1) is 13.2. The number of amides is 1. The largest absolute Gasteiger partial charge is 0.336 e. The Morgan fingerprint density at radius 3 is 2.68 bits per heavy atom. The molecule has 0 radical (unpaired) electrons. The Balaban J connectivity index is 1.98. The molecule has 1 unspecified atom stereocenters. The fourth-order valence-electron chi connectivity index (χ4n) is 2.65. The summed E-state index contributed by atoms with van der Waals surface area (Å²) in [6.07, 6.45) is 3.03. The zero-order valence-electron chi connectivity index (χ0n) is 10.1. The molecule has 1 atom stereocenters. The number of thiocarbonyl (C=S) groups is 1. The van der Waals surface area contributed by atoms with Gasteiger partial charge in [0.2, 0.25) is 0 Å². The molecule has 0 aliphatic carbocycles. The normalized spacial score (nSPS) is 22.9. The molecule has 0 spiro atoms. The zero-order valence-corrected chi connectivity index (χ0v) is 12.4. The number of carbonyl (C=O) groups excluding carboxylic acids is 1. The van der Waals surface area contributed by atoms with Crippen LogP contribution < -0.4 is 4.90 Å². The van der Waals surface area contributed by atoms with Crippen LogP contribution in [0.25, 0.3) is 0 Å². The Labute approximate surface area is 127 Å². The van der Waals surface area contributed by atoms with E-state index in [1.807, 2.05) is 4.90 Å². The molecule has 19 heavy (non-hydrogen) atoms. The van der Waals surface area contributed by atoms with Gasteiger partial charge in [-0.2, -0.15) is 0 Å². The summed E-state index contributed by atoms with van der Waals surface area (Å²) in [6.45, 7) is 0.854. The van der Waals surface area contributed by atoms with Crippen LogP contribution in [0.15, 0.2) is 18.2 Å². The molecule has 1 aromatic carbocycles. The average molecular weight is 315 g/mol. The molecule has 2 fully saturated rings. The lowest BCUT2D eigenvalue weighted by Crippen LogP contribution is -2.38. The third kappa shape index (κ3) is 2.12. The van der Waals surface area contributed by atoms with E-state index in [-0.39, 0.29) is 11.9 Å². The number of piperidine rings is 1. The van der Waals surface area contributed by atoms with Crippen molar-refractivity contribution in [1.29, 1.82) is 0 Å². The summed E-state index contributed by atoms with van der Waals surface area (Å²) < 4.78 is 0. The molecule has 3 rings (SSSR count). The van der Waals surface area contributed by atoms with Crippen molar-refractivity contribution in [2.45, 2.75) is 25.3 Å². The molecule has 1 amide bonds. The van der Waals surface area contributed by atoms with Crippen LogP contribution in [0.3, 0.4) is 0 Å². The van der Waals surface area contributed by atoms with Crippen LogP contribution in [0.5, 0.6) is 0 Å². The minimum atomic E-state index is -0.101. The lowest BCUT2D eigenvalue weighted by molar-refractivity contribution is -0.120. The Hall–Kier alpha value is -0.840. The average Bonchev–Trinajstić information content (AvgIpc) is 2.66. The molecule has 0 N–H and O–H groups in total. The van der Waals surface area contributed by atoms with E-state index in [0.29, 0.717) is 20.8 Å². The molecule has 3 nitrogen and oxygen atoms in total. The van der Waals surface area contributed by atoms with Crippen LogP contribution in [-0.2, 0) is 4.79 Å². The Morgan fingerprint density at radius 1 is 1.21 bits per heavy atom. The van der Waals surface area contributed by atoms with Gasteiger partial charge in [-0.05, 0) is 49.7 Å². The van der Waals surface area contributed by atoms with Gasteiger partial charge in [0, 0.05) is 6.54 Å². The molecule has 2 aliphatic heterocycles. The van der Waals surface area contributed by atoms with Gasteiger partial charge in [-0.1, -0.05) is 23.2 Å². The van der Waals surface area contributed by atoms with Crippen molar-refractivity contribution in [1.82, 2.24) is 4.90 Å². The second-order valence-electron chi connectivity index (χ2n) is 4.76. The van der Waals surface area contributed by atoms with Crippen molar-refractivity contribution in [3.05, 3.63) is 28.2 Å². The second-order valence-corrected chi connectivity index (χ2v) is 5.94. The van der Waals surface area contributed by atoms with Gasteiger partial charge in [-0.25, -0.2) is 0 Å². The topological polar surface area (TPSA) is 23.6 Å². The molecule has 2 heterocycles. The van der Waals surface area contributed by atoms with E-state index in [9.17, 15) is 4.79 Å². The Bertz CT molecular complexity index is 540. The van der Waals surface area contributed by atoms with Gasteiger partial charge < -0.3 is 4.90 Å². The van der Waals surface area contributed by atoms with E-state index in [1.165, 1.54) is 0 Å². The summed E-state index contributed by atoms with van der Waals surface area (Å²) >= 11 is 17.3. The quantitative estimate of drug-likeness (QED) is 0.741. The highest BCUT2D eigenvalue weighted by Crippen LogP contribution is 2.33. The number of rotatable bonds is 1. The van der Waals surface area contributed by atoms with Crippen LogP contribution in [-0.4, -0.2) is 28.5 Å². The van der Waals surface area contributed by atoms with Gasteiger partial charge >= 0.3 is 0 Å². The third-order valence-corrected chi connectivity index (χ3v) is 4.76. The van der Waals surface area contributed by atoms with E-state index in [0.717, 1.165) is 25.8 Å². The zero-order chi connectivity index (χ0) is 13.6. The monoisotopic (exact) mass is 314 g/mol. The number of fused-ring (bicyclic) bond motifs is 1. The Morgan fingerprint density at radius 2 is 2.00 bits per heavy atom. The maximum atomic E-state index is 12.5. The standard InChI is InChI=1S/C13H12Cl2N2OS/c14-9-5-4-8(7-10(9)15)17-12(18)11-3-1-2-6-16(11)13(17)19/h4-5,7,11H,1-3,6H2. The number of halogens is 2. The maximum Gasteiger partial charge on any atom is 0.256 e. The van der Waals surface area contributed by atoms with Gasteiger partial charge in [0.25, 0.3) is 5.91 Å². The highest BCUT2D eigenvalue weighted by atomic mass is 35.5. The summed E-state index contributed by atoms with van der Waals surface area (Å²) in [6, 6.07) is 5.05. The lowest BCUT2D eigenvalue weighted by Gasteiger charge is -2.27. The SMILES string of the molecule is O=C1C2CCCCN2C(=S)N1c1ccc(Cl)c(Cl)c1. The molecule has 100 valence electrons. The predicted molar refractivity (Wildman–Crippen MR) is 80.9 cm³/mol. The second kappa shape index (κ2) is 4.93. The van der Waals surface area contributed by atoms with Crippen molar-refractivity contribution in [3.63, 3.8) is 0 Å². The fourth-order valence-corrected chi connectivity index (χ4v) is 3.36. The third-order valence-electron chi connectivity index (χ3n) is 3.61. The van der Waals surface area contributed by atoms with Gasteiger partial charge in [0.15, 0.2) is 5.11 Å². The van der Waals surface area contributed by atoms with Crippen molar-refractivity contribution < 1.29 is 4.79 Å². The summed E-state index contributed by atoms with van der Waals surface area (Å²) in [7, 11) is 0. The smallest absolute Gasteiger partial charge is 0.256 e. The predicted octanol–water partition coefficient (Wildman–Crippen LogP) is 3.48. The number of hydrogen-bond donors (Lipinski definition) is 0. The van der Waals surface area contributed by atoms with Crippen LogP contribution in [0.4, 0.5) is 5.69 Å². The van der Waals surface area contributed by atoms with E-state index in [2.05, 4.69) is 0 Å². The van der Waals surface area contributed by atoms with Crippen molar-refractivity contribution in [2.24, 2.45) is 0 Å². The Kier molecular flexibility index (Phi) is 3.41. The van der Waals surface area contributed by atoms with Crippen LogP contribution >= 0.6 is 35.4 Å². The summed E-state index contributed by atoms with van der Waals surface area (Å²) in [5, 5.41) is 1.48. The van der Waals surface area contributed by atoms with Crippen LogP contribution in [0, 0.1) is 0 Å². The van der Waals surface area contributed by atoms with E-state index >= 15 is 0 Å². The highest BCUT2D eigenvalue weighted by molar-refractivity contribution is 7.80. The van der Waals surface area contributed by atoms with Crippen molar-refractivity contribution in [3.8, 4) is 0 Å². The first-order valence-electron chi connectivity index (χ1n) is 6.19. The van der Waals surface area contributed by atoms with Crippen molar-refractivity contribution in [2.75, 3.05) is 11.4 Å². The van der Waals surface area contributed by atoms with Gasteiger partial charge in [0.05, 0.1) is 15.7 Å². The fraction of sp³-hybridized carbons (Fsp3) is 0.385. The molecular weight excluding hydrogens is 303 g/mol. The summed E-state index contributed by atoms with van der Waals surface area (Å²) in [4.78, 5) is 16.1. The maximum absolute atomic E-state index is 12.5. The number of nitrogens with zero attached hydrogens (tertiary/aromatic N) is 2. The van der Waals surface area contributed by atoms with Crippen LogP contribution in [0.1, 0.15) is 19.3 Å². The van der Waals surface area contributed by atoms with Gasteiger partial charge in [0.1, 0.15) is 6.04 Å². The molecule has 0 bridgehead atoms. The van der Waals surface area contributed by atoms with Crippen molar-refractivity contribution >= 4 is 52.1 Å². The van der Waals surface area contributed by atoms with Gasteiger partial charge in [-0.15, -0.1) is 0 Å². The minimum Gasteiger partial charge on any atom is -0.336 e. The van der Waals surface area contributed by atoms with E-state index in [1.54, 1.807) is 23.1 Å². The molecule has 1 aromatic rings. The number of carbonyl (C=O) groups is 1. The van der Waals surface area contributed by atoms with E-state index in [4.69, 9.17) is 35.4 Å². The summed E-state index contributed by atoms with van der Waals surface area (Å²) in [5.41, 5.74) is 0.693. The molecule has 0 saturated carbocycles. The number of hydrogen-bond acceptors (Lipinski definition) is 2. The highest BCUT2D eigenvalue weighted by Gasteiger charge is 2.43. The minimum absolute atomic E-state index is 0.0445. The van der Waals surface area contributed by atoms with Gasteiger partial charge in [-0.3, -0.25) is 9.69 Å². The molecule has 6 heteroatoms. The first-order valence-corrected chi connectivity index (χ1v) is 7.35. The first-order chi connectivity index (χ1) is 9.09. The molecular formula is C13H12Cl2N2OS. The molecule has 0 aromatic heterocycles. The molecule has 2 aliphatic rings. The van der Waals surface area contributed by atoms with Crippen LogP contribution in [0.2, 0.25) is 10.0 Å². The molecule has 2 saturated heterocycles. The summed E-state index contributed by atoms with van der Waals surface area (Å²) in [5.74, 6) is 0.0445. The number of benzene rings is 1. The van der Waals surface area contributed by atoms with E-state index < -0.39 is 0 Å². The lowest BCUT2D eigenvalue weighted by atomic mass is 10.0.